The highest BCUT2D eigenvalue weighted by atomic mass is 35.5. The third-order valence-corrected chi connectivity index (χ3v) is 3.08. The van der Waals surface area contributed by atoms with E-state index in [0.29, 0.717) is 10.6 Å². The zero-order valence-electron chi connectivity index (χ0n) is 9.86. The summed E-state index contributed by atoms with van der Waals surface area (Å²) in [6.07, 6.45) is 0. The predicted molar refractivity (Wildman–Crippen MR) is 70.4 cm³/mol. The van der Waals surface area contributed by atoms with Crippen molar-refractivity contribution in [1.82, 2.24) is 0 Å². The number of hydrogen-bond donors (Lipinski definition) is 0. The number of halogens is 2. The number of ketones is 1. The molecule has 0 saturated heterocycles. The molecule has 0 radical (unpaired) electrons. The van der Waals surface area contributed by atoms with Crippen LogP contribution in [0, 0.1) is 5.82 Å². The highest BCUT2D eigenvalue weighted by Gasteiger charge is 2.21. The van der Waals surface area contributed by atoms with Crippen LogP contribution in [0.2, 0.25) is 5.02 Å². The zero-order chi connectivity index (χ0) is 13.1. The van der Waals surface area contributed by atoms with E-state index in [2.05, 4.69) is 0 Å². The van der Waals surface area contributed by atoms with Crippen molar-refractivity contribution >= 4 is 17.4 Å². The number of carbonyl (C=O) groups is 1. The molecular formula is C15H12ClFO. The Morgan fingerprint density at radius 1 is 1.11 bits per heavy atom. The van der Waals surface area contributed by atoms with Crippen LogP contribution in [-0.2, 0) is 4.79 Å². The molecule has 1 atom stereocenters. The second-order valence-electron chi connectivity index (χ2n) is 4.12. The molecule has 1 unspecified atom stereocenters. The van der Waals surface area contributed by atoms with Gasteiger partial charge < -0.3 is 0 Å². The lowest BCUT2D eigenvalue weighted by Crippen LogP contribution is -2.12. The highest BCUT2D eigenvalue weighted by Crippen LogP contribution is 2.28. The lowest BCUT2D eigenvalue weighted by atomic mass is 9.88. The van der Waals surface area contributed by atoms with Gasteiger partial charge in [0, 0.05) is 10.6 Å². The quantitative estimate of drug-likeness (QED) is 0.810. The fraction of sp³-hybridized carbons (Fsp3) is 0.133. The lowest BCUT2D eigenvalue weighted by Gasteiger charge is -2.15. The van der Waals surface area contributed by atoms with Crippen LogP contribution in [0.25, 0.3) is 0 Å². The van der Waals surface area contributed by atoms with Crippen molar-refractivity contribution in [3.8, 4) is 0 Å². The van der Waals surface area contributed by atoms with Crippen LogP contribution in [0.1, 0.15) is 24.0 Å². The van der Waals surface area contributed by atoms with Gasteiger partial charge in [0.25, 0.3) is 0 Å². The molecule has 2 aromatic carbocycles. The molecule has 0 fully saturated rings. The first-order chi connectivity index (χ1) is 8.59. The van der Waals surface area contributed by atoms with E-state index in [0.717, 1.165) is 5.56 Å². The topological polar surface area (TPSA) is 17.1 Å². The zero-order valence-corrected chi connectivity index (χ0v) is 10.6. The second kappa shape index (κ2) is 5.32. The standard InChI is InChI=1S/C15H12ClFO/c1-10(18)15(11-6-8-12(16)9-7-11)13-4-2-3-5-14(13)17/h2-9,15H,1H3. The van der Waals surface area contributed by atoms with Gasteiger partial charge in [-0.1, -0.05) is 41.9 Å². The summed E-state index contributed by atoms with van der Waals surface area (Å²) in [5.41, 5.74) is 1.14. The first-order valence-corrected chi connectivity index (χ1v) is 5.97. The Balaban J connectivity index is 2.50. The van der Waals surface area contributed by atoms with Crippen LogP contribution >= 0.6 is 11.6 Å². The average Bonchev–Trinajstić information content (AvgIpc) is 2.34. The molecule has 0 N–H and O–H groups in total. The van der Waals surface area contributed by atoms with Crippen molar-refractivity contribution in [3.05, 3.63) is 70.5 Å². The van der Waals surface area contributed by atoms with Crippen LogP contribution < -0.4 is 0 Å². The second-order valence-corrected chi connectivity index (χ2v) is 4.55. The van der Waals surface area contributed by atoms with Crippen LogP contribution in [0.5, 0.6) is 0 Å². The lowest BCUT2D eigenvalue weighted by molar-refractivity contribution is -0.117. The third-order valence-electron chi connectivity index (χ3n) is 2.83. The Morgan fingerprint density at radius 2 is 1.72 bits per heavy atom. The Morgan fingerprint density at radius 3 is 2.28 bits per heavy atom. The molecule has 92 valence electrons. The maximum Gasteiger partial charge on any atom is 0.141 e. The summed E-state index contributed by atoms with van der Waals surface area (Å²) in [5, 5.41) is 0.592. The fourth-order valence-electron chi connectivity index (χ4n) is 2.00. The number of benzene rings is 2. The Bertz CT molecular complexity index is 563. The van der Waals surface area contributed by atoms with Gasteiger partial charge in [0.1, 0.15) is 11.6 Å². The summed E-state index contributed by atoms with van der Waals surface area (Å²) >= 11 is 5.81. The van der Waals surface area contributed by atoms with E-state index < -0.39 is 5.92 Å². The third kappa shape index (κ3) is 2.59. The average molecular weight is 263 g/mol. The van der Waals surface area contributed by atoms with Crippen LogP contribution in [0.3, 0.4) is 0 Å². The van der Waals surface area contributed by atoms with E-state index in [4.69, 9.17) is 11.6 Å². The molecule has 0 bridgehead atoms. The number of rotatable bonds is 3. The molecule has 0 aromatic heterocycles. The van der Waals surface area contributed by atoms with E-state index in [1.807, 2.05) is 0 Å². The summed E-state index contributed by atoms with van der Waals surface area (Å²) < 4.78 is 13.8. The molecule has 3 heteroatoms. The summed E-state index contributed by atoms with van der Waals surface area (Å²) in [4.78, 5) is 11.8. The largest absolute Gasteiger partial charge is 0.299 e. The Labute approximate surface area is 110 Å². The summed E-state index contributed by atoms with van der Waals surface area (Å²) in [6, 6.07) is 13.2. The molecule has 0 spiro atoms. The molecule has 0 saturated carbocycles. The van der Waals surface area contributed by atoms with Gasteiger partial charge in [-0.3, -0.25) is 4.79 Å². The Kier molecular flexibility index (Phi) is 3.78. The van der Waals surface area contributed by atoms with Crippen molar-refractivity contribution < 1.29 is 9.18 Å². The molecule has 2 rings (SSSR count). The van der Waals surface area contributed by atoms with Crippen LogP contribution in [0.4, 0.5) is 4.39 Å². The van der Waals surface area contributed by atoms with Gasteiger partial charge in [-0.2, -0.15) is 0 Å². The molecule has 0 aliphatic carbocycles. The van der Waals surface area contributed by atoms with Gasteiger partial charge in [-0.05, 0) is 30.7 Å². The van der Waals surface area contributed by atoms with E-state index in [-0.39, 0.29) is 11.6 Å². The molecule has 0 aliphatic rings. The fourth-order valence-corrected chi connectivity index (χ4v) is 2.12. The van der Waals surface area contributed by atoms with Crippen LogP contribution in [0.15, 0.2) is 48.5 Å². The molecule has 2 aromatic rings. The number of hydrogen-bond acceptors (Lipinski definition) is 1. The summed E-state index contributed by atoms with van der Waals surface area (Å²) in [7, 11) is 0. The van der Waals surface area contributed by atoms with Crippen molar-refractivity contribution in [2.24, 2.45) is 0 Å². The van der Waals surface area contributed by atoms with Crippen molar-refractivity contribution in [2.75, 3.05) is 0 Å². The monoisotopic (exact) mass is 262 g/mol. The minimum atomic E-state index is -0.580. The summed E-state index contributed by atoms with van der Waals surface area (Å²) in [5.74, 6) is -1.04. The van der Waals surface area contributed by atoms with Crippen molar-refractivity contribution in [2.45, 2.75) is 12.8 Å². The summed E-state index contributed by atoms with van der Waals surface area (Å²) in [6.45, 7) is 1.46. The van der Waals surface area contributed by atoms with Gasteiger partial charge in [-0.15, -0.1) is 0 Å². The maximum absolute atomic E-state index is 13.8. The number of carbonyl (C=O) groups excluding carboxylic acids is 1. The van der Waals surface area contributed by atoms with Crippen molar-refractivity contribution in [3.63, 3.8) is 0 Å². The minimum absolute atomic E-state index is 0.0950. The van der Waals surface area contributed by atoms with Gasteiger partial charge in [0.2, 0.25) is 0 Å². The molecular weight excluding hydrogens is 251 g/mol. The number of Topliss-reactive ketones (excluding diaryl/α,β-unsaturated/α-hetero) is 1. The van der Waals surface area contributed by atoms with E-state index in [1.54, 1.807) is 42.5 Å². The van der Waals surface area contributed by atoms with Crippen molar-refractivity contribution in [1.29, 1.82) is 0 Å². The van der Waals surface area contributed by atoms with E-state index in [1.165, 1.54) is 13.0 Å². The molecule has 18 heavy (non-hydrogen) atoms. The SMILES string of the molecule is CC(=O)C(c1ccc(Cl)cc1)c1ccccc1F. The van der Waals surface area contributed by atoms with E-state index in [9.17, 15) is 9.18 Å². The normalized spacial score (nSPS) is 12.2. The first kappa shape index (κ1) is 12.8. The molecule has 0 aliphatic heterocycles. The molecule has 1 nitrogen and oxygen atoms in total. The van der Waals surface area contributed by atoms with Gasteiger partial charge >= 0.3 is 0 Å². The minimum Gasteiger partial charge on any atom is -0.299 e. The van der Waals surface area contributed by atoms with Gasteiger partial charge in [-0.25, -0.2) is 4.39 Å². The molecule has 0 amide bonds. The smallest absolute Gasteiger partial charge is 0.141 e. The maximum atomic E-state index is 13.8. The highest BCUT2D eigenvalue weighted by molar-refractivity contribution is 6.30. The molecule has 0 heterocycles. The van der Waals surface area contributed by atoms with Gasteiger partial charge in [0.05, 0.1) is 5.92 Å². The predicted octanol–water partition coefficient (Wildman–Crippen LogP) is 4.20. The van der Waals surface area contributed by atoms with Crippen LogP contribution in [-0.4, -0.2) is 5.78 Å². The Hall–Kier alpha value is -1.67. The van der Waals surface area contributed by atoms with E-state index >= 15 is 0 Å². The van der Waals surface area contributed by atoms with Gasteiger partial charge in [0.15, 0.2) is 0 Å². The first-order valence-electron chi connectivity index (χ1n) is 5.60.